The number of rotatable bonds is 9. The summed E-state index contributed by atoms with van der Waals surface area (Å²) in [6.07, 6.45) is 0.403. The van der Waals surface area contributed by atoms with Crippen LogP contribution in [0.3, 0.4) is 0 Å². The van der Waals surface area contributed by atoms with Crippen LogP contribution < -0.4 is 32.3 Å². The van der Waals surface area contributed by atoms with E-state index in [0.717, 1.165) is 5.56 Å². The number of piperidine rings is 2. The lowest BCUT2D eigenvalue weighted by molar-refractivity contribution is -0.140. The maximum atomic E-state index is 12.8. The smallest absolute Gasteiger partial charge is 0.408 e. The highest BCUT2D eigenvalue weighted by Crippen LogP contribution is 2.31. The van der Waals surface area contributed by atoms with Crippen LogP contribution in [0, 0.1) is 0 Å². The maximum absolute atomic E-state index is 12.8. The molecule has 7 N–H and O–H groups in total. The number of carbonyl (C=O) groups is 8. The van der Waals surface area contributed by atoms with Crippen molar-refractivity contribution in [1.29, 1.82) is 0 Å². The van der Waals surface area contributed by atoms with Gasteiger partial charge in [-0.15, -0.1) is 0 Å². The molecular formula is C37H56N10O12. The van der Waals surface area contributed by atoms with Gasteiger partial charge < -0.3 is 29.9 Å². The van der Waals surface area contributed by atoms with E-state index in [-0.39, 0.29) is 31.3 Å². The molecule has 326 valence electrons. The monoisotopic (exact) mass is 832 g/mol. The Balaban J connectivity index is 0.000000268. The van der Waals surface area contributed by atoms with Gasteiger partial charge >= 0.3 is 24.2 Å². The van der Waals surface area contributed by atoms with Crippen LogP contribution in [0.5, 0.6) is 0 Å². The molecule has 4 fully saturated rings. The first kappa shape index (κ1) is 45.8. The fourth-order valence-electron chi connectivity index (χ4n) is 6.44. The molecule has 5 rings (SSSR count). The first-order chi connectivity index (χ1) is 27.5. The van der Waals surface area contributed by atoms with Gasteiger partial charge in [0.15, 0.2) is 0 Å². The number of hydrogen-bond acceptors (Lipinski definition) is 12. The molecule has 0 aliphatic carbocycles. The Kier molecular flexibility index (Phi) is 14.9. The van der Waals surface area contributed by atoms with Gasteiger partial charge in [-0.3, -0.25) is 50.9 Å². The van der Waals surface area contributed by atoms with Gasteiger partial charge in [0.05, 0.1) is 12.1 Å². The van der Waals surface area contributed by atoms with E-state index in [1.807, 2.05) is 30.3 Å². The predicted octanol–water partition coefficient (Wildman–Crippen LogP) is 1.15. The third kappa shape index (κ3) is 12.8. The number of benzene rings is 1. The minimum absolute atomic E-state index is 0.127. The molecule has 10 amide bonds. The first-order valence-corrected chi connectivity index (χ1v) is 19.3. The predicted molar refractivity (Wildman–Crippen MR) is 205 cm³/mol. The molecule has 1 aromatic carbocycles. The minimum atomic E-state index is -0.942. The molecule has 0 aromatic heterocycles. The highest BCUT2D eigenvalue weighted by Gasteiger charge is 2.49. The van der Waals surface area contributed by atoms with Crippen LogP contribution in [-0.2, 0) is 40.1 Å². The van der Waals surface area contributed by atoms with Gasteiger partial charge in [0.1, 0.15) is 42.0 Å². The average Bonchev–Trinajstić information content (AvgIpc) is 3.52. The van der Waals surface area contributed by atoms with Gasteiger partial charge in [0.25, 0.3) is 23.6 Å². The molecule has 4 heterocycles. The zero-order valence-corrected chi connectivity index (χ0v) is 34.5. The number of hydrazine groups is 2. The molecule has 59 heavy (non-hydrogen) atoms. The van der Waals surface area contributed by atoms with E-state index in [1.165, 1.54) is 28.7 Å². The number of amides is 10. The number of hydroxylamine groups is 4. The van der Waals surface area contributed by atoms with E-state index in [9.17, 15) is 43.6 Å². The number of alkyl carbamates (subject to hydrolysis) is 2. The summed E-state index contributed by atoms with van der Waals surface area (Å²) in [6.45, 7) is 14.0. The number of urea groups is 2. The first-order valence-electron chi connectivity index (χ1n) is 19.3. The lowest BCUT2D eigenvalue weighted by Gasteiger charge is -2.29. The zero-order chi connectivity index (χ0) is 43.8. The van der Waals surface area contributed by atoms with E-state index in [2.05, 4.69) is 32.3 Å². The SMILES string of the molecule is C[C@@H](NC(=O)OC(C)(C)C)C(=O)NNC(=O)[C@@H]1CC[C@@H]2CN1C(=O)N2O.C[C@@H](NC(=O)OC(C)(C)C)C(=O)NNC(=O)[C@@H]1CC[C@@H]2CN1C(=O)N2OCc1ccccc1. The van der Waals surface area contributed by atoms with Gasteiger partial charge in [0.2, 0.25) is 0 Å². The van der Waals surface area contributed by atoms with Gasteiger partial charge in [-0.05, 0) is 86.6 Å². The fraction of sp³-hybridized carbons (Fsp3) is 0.622. The van der Waals surface area contributed by atoms with Crippen LogP contribution in [0.1, 0.15) is 86.6 Å². The van der Waals surface area contributed by atoms with Crippen molar-refractivity contribution >= 4 is 47.9 Å². The fourth-order valence-corrected chi connectivity index (χ4v) is 6.44. The summed E-state index contributed by atoms with van der Waals surface area (Å²) in [5, 5.41) is 16.3. The third-order valence-electron chi connectivity index (χ3n) is 9.36. The lowest BCUT2D eigenvalue weighted by Crippen LogP contribution is -2.57. The second kappa shape index (κ2) is 19.2. The number of fused-ring (bicyclic) bond motifs is 4. The molecular weight excluding hydrogens is 776 g/mol. The normalized spacial score (nSPS) is 21.9. The Bertz CT molecular complexity index is 1740. The van der Waals surface area contributed by atoms with E-state index >= 15 is 0 Å². The number of hydrogen-bond donors (Lipinski definition) is 7. The number of nitrogens with zero attached hydrogens (tertiary/aromatic N) is 4. The van der Waals surface area contributed by atoms with Crippen molar-refractivity contribution in [3.05, 3.63) is 35.9 Å². The summed E-state index contributed by atoms with van der Waals surface area (Å²) in [5.41, 5.74) is 8.63. The van der Waals surface area contributed by atoms with Crippen LogP contribution in [0.4, 0.5) is 19.2 Å². The molecule has 1 aromatic rings. The highest BCUT2D eigenvalue weighted by molar-refractivity contribution is 5.92. The van der Waals surface area contributed by atoms with Crippen molar-refractivity contribution in [2.75, 3.05) is 13.1 Å². The molecule has 0 radical (unpaired) electrons. The Morgan fingerprint density at radius 1 is 0.678 bits per heavy atom. The number of nitrogens with one attached hydrogen (secondary N) is 6. The van der Waals surface area contributed by atoms with Crippen molar-refractivity contribution < 1.29 is 57.9 Å². The van der Waals surface area contributed by atoms with Gasteiger partial charge in [-0.1, -0.05) is 30.3 Å². The molecule has 6 atom stereocenters. The topological polar surface area (TPSA) is 270 Å². The Hall–Kier alpha value is -5.90. The standard InChI is InChI=1S/C22H31N5O6.C15H25N5O6/c1-14(23-20(30)33-22(2,3)4)18(28)24-25-19(29)17-11-10-16-12-26(17)21(31)27(16)32-13-15-8-6-5-7-9-15;1-8(16-13(23)26-15(2,3)4)11(21)17-18-12(22)10-6-5-9-7-19(10)14(24)20(9)25/h5-9,14,16-17H,10-13H2,1-4H3,(H,23,30)(H,24,28)(H,25,29);8-10,25H,5-7H2,1-4H3,(H,16,23)(H,17,21)(H,18,22)/t14-,16-,17+;8-,9-,10+/m11/s1. The Morgan fingerprint density at radius 2 is 1.12 bits per heavy atom. The van der Waals surface area contributed by atoms with Gasteiger partial charge in [-0.25, -0.2) is 24.2 Å². The molecule has 22 nitrogen and oxygen atoms in total. The number of carbonyl (C=O) groups excluding carboxylic acids is 8. The van der Waals surface area contributed by atoms with Crippen LogP contribution in [-0.4, -0.2) is 134 Å². The van der Waals surface area contributed by atoms with Crippen molar-refractivity contribution in [1.82, 2.24) is 52.3 Å². The van der Waals surface area contributed by atoms with Crippen LogP contribution in [0.2, 0.25) is 0 Å². The quantitative estimate of drug-likeness (QED) is 0.137. The van der Waals surface area contributed by atoms with Crippen LogP contribution in [0.15, 0.2) is 30.3 Å². The average molecular weight is 833 g/mol. The summed E-state index contributed by atoms with van der Waals surface area (Å²) >= 11 is 0. The van der Waals surface area contributed by atoms with E-state index in [0.29, 0.717) is 37.3 Å². The summed E-state index contributed by atoms with van der Waals surface area (Å²) < 4.78 is 10.1. The van der Waals surface area contributed by atoms with Crippen molar-refractivity contribution in [3.63, 3.8) is 0 Å². The molecule has 0 saturated carbocycles. The largest absolute Gasteiger partial charge is 0.444 e. The Labute approximate surface area is 341 Å². The molecule has 22 heteroatoms. The molecule has 4 aliphatic heterocycles. The molecule has 4 bridgehead atoms. The van der Waals surface area contributed by atoms with Crippen molar-refractivity contribution in [2.45, 2.75) is 135 Å². The second-order valence-corrected chi connectivity index (χ2v) is 16.5. The maximum Gasteiger partial charge on any atom is 0.408 e. The number of ether oxygens (including phenoxy) is 2. The van der Waals surface area contributed by atoms with E-state index in [1.54, 1.807) is 41.5 Å². The third-order valence-corrected chi connectivity index (χ3v) is 9.36. The second-order valence-electron chi connectivity index (χ2n) is 16.5. The molecule has 0 unspecified atom stereocenters. The van der Waals surface area contributed by atoms with E-state index < -0.39 is 77.2 Å². The van der Waals surface area contributed by atoms with Crippen molar-refractivity contribution in [3.8, 4) is 0 Å². The van der Waals surface area contributed by atoms with Crippen molar-refractivity contribution in [2.24, 2.45) is 0 Å². The summed E-state index contributed by atoms with van der Waals surface area (Å²) in [7, 11) is 0. The zero-order valence-electron chi connectivity index (χ0n) is 34.5. The van der Waals surface area contributed by atoms with Gasteiger partial charge in [-0.2, -0.15) is 5.06 Å². The van der Waals surface area contributed by atoms with Crippen LogP contribution in [0.25, 0.3) is 0 Å². The Morgan fingerprint density at radius 3 is 1.59 bits per heavy atom. The van der Waals surface area contributed by atoms with E-state index in [4.69, 9.17) is 14.3 Å². The highest BCUT2D eigenvalue weighted by atomic mass is 16.7. The molecule has 0 spiro atoms. The summed E-state index contributed by atoms with van der Waals surface area (Å²) in [4.78, 5) is 106. The van der Waals surface area contributed by atoms with Crippen LogP contribution >= 0.6 is 0 Å². The lowest BCUT2D eigenvalue weighted by atomic mass is 10.0. The summed E-state index contributed by atoms with van der Waals surface area (Å²) in [6, 6.07) is 4.69. The molecule has 4 saturated heterocycles. The minimum Gasteiger partial charge on any atom is -0.444 e. The molecule has 4 aliphatic rings. The van der Waals surface area contributed by atoms with Gasteiger partial charge in [0, 0.05) is 13.1 Å². The summed E-state index contributed by atoms with van der Waals surface area (Å²) in [5.74, 6) is -2.34.